The SMILES string of the molecule is O=C1Nc2ccc(F)c(F)c2NC12CCCCC2. The maximum atomic E-state index is 13.8. The third-order valence-electron chi connectivity index (χ3n) is 3.85. The molecule has 18 heavy (non-hydrogen) atoms. The molecule has 2 N–H and O–H groups in total. The van der Waals surface area contributed by atoms with E-state index in [1.807, 2.05) is 0 Å². The number of rotatable bonds is 0. The number of anilines is 2. The van der Waals surface area contributed by atoms with E-state index < -0.39 is 17.2 Å². The van der Waals surface area contributed by atoms with E-state index in [4.69, 9.17) is 0 Å². The molecule has 1 aliphatic heterocycles. The van der Waals surface area contributed by atoms with E-state index >= 15 is 0 Å². The number of hydrogen-bond acceptors (Lipinski definition) is 2. The standard InChI is InChI=1S/C13H14F2N2O/c14-8-4-5-9-11(10(8)15)17-13(12(18)16-9)6-2-1-3-7-13/h4-5,17H,1-3,6-7H2,(H,16,18). The minimum Gasteiger partial charge on any atom is -0.367 e. The first-order chi connectivity index (χ1) is 8.62. The molecule has 0 bridgehead atoms. The van der Waals surface area contributed by atoms with E-state index in [9.17, 15) is 13.6 Å². The van der Waals surface area contributed by atoms with Gasteiger partial charge in [0.2, 0.25) is 5.91 Å². The summed E-state index contributed by atoms with van der Waals surface area (Å²) >= 11 is 0. The molecule has 0 aromatic heterocycles. The monoisotopic (exact) mass is 252 g/mol. The van der Waals surface area contributed by atoms with Crippen molar-refractivity contribution in [3.8, 4) is 0 Å². The summed E-state index contributed by atoms with van der Waals surface area (Å²) < 4.78 is 27.0. The Balaban J connectivity index is 2.04. The average Bonchev–Trinajstić information content (AvgIpc) is 2.38. The molecular weight excluding hydrogens is 238 g/mol. The van der Waals surface area contributed by atoms with E-state index in [1.54, 1.807) is 0 Å². The van der Waals surface area contributed by atoms with Gasteiger partial charge in [-0.05, 0) is 25.0 Å². The first-order valence-corrected chi connectivity index (χ1v) is 6.20. The predicted molar refractivity (Wildman–Crippen MR) is 64.4 cm³/mol. The van der Waals surface area contributed by atoms with Gasteiger partial charge in [-0.3, -0.25) is 4.79 Å². The molecule has 1 spiro atoms. The van der Waals surface area contributed by atoms with Crippen molar-refractivity contribution >= 4 is 17.3 Å². The van der Waals surface area contributed by atoms with Gasteiger partial charge in [0.25, 0.3) is 0 Å². The molecular formula is C13H14F2N2O. The Hall–Kier alpha value is -1.65. The summed E-state index contributed by atoms with van der Waals surface area (Å²) in [5.41, 5.74) is -0.369. The van der Waals surface area contributed by atoms with Crippen LogP contribution in [0, 0.1) is 11.6 Å². The molecule has 1 aliphatic carbocycles. The lowest BCUT2D eigenvalue weighted by atomic mass is 9.79. The topological polar surface area (TPSA) is 41.1 Å². The number of fused-ring (bicyclic) bond motifs is 1. The van der Waals surface area contributed by atoms with Gasteiger partial charge in [0.15, 0.2) is 11.6 Å². The molecule has 0 saturated heterocycles. The fraction of sp³-hybridized carbons (Fsp3) is 0.462. The molecule has 1 amide bonds. The molecule has 1 heterocycles. The van der Waals surface area contributed by atoms with Crippen molar-refractivity contribution < 1.29 is 13.6 Å². The maximum Gasteiger partial charge on any atom is 0.250 e. The average molecular weight is 252 g/mol. The summed E-state index contributed by atoms with van der Waals surface area (Å²) in [6.45, 7) is 0. The second kappa shape index (κ2) is 3.93. The summed E-state index contributed by atoms with van der Waals surface area (Å²) in [6.07, 6.45) is 4.25. The van der Waals surface area contributed by atoms with Gasteiger partial charge in [-0.15, -0.1) is 0 Å². The first kappa shape index (κ1) is 11.4. The van der Waals surface area contributed by atoms with Crippen LogP contribution in [0.15, 0.2) is 12.1 Å². The number of amides is 1. The second-order valence-corrected chi connectivity index (χ2v) is 5.01. The second-order valence-electron chi connectivity index (χ2n) is 5.01. The Bertz CT molecular complexity index is 510. The molecule has 0 atom stereocenters. The fourth-order valence-corrected chi connectivity index (χ4v) is 2.82. The van der Waals surface area contributed by atoms with Gasteiger partial charge in [0.1, 0.15) is 5.54 Å². The summed E-state index contributed by atoms with van der Waals surface area (Å²) in [7, 11) is 0. The lowest BCUT2D eigenvalue weighted by Gasteiger charge is -2.41. The Labute approximate surface area is 104 Å². The van der Waals surface area contributed by atoms with Gasteiger partial charge in [0, 0.05) is 0 Å². The van der Waals surface area contributed by atoms with Gasteiger partial charge in [0.05, 0.1) is 11.4 Å². The van der Waals surface area contributed by atoms with Crippen LogP contribution >= 0.6 is 0 Å². The predicted octanol–water partition coefficient (Wildman–Crippen LogP) is 3.03. The van der Waals surface area contributed by atoms with Crippen LogP contribution in [-0.4, -0.2) is 11.4 Å². The van der Waals surface area contributed by atoms with Gasteiger partial charge in [-0.1, -0.05) is 19.3 Å². The molecule has 1 saturated carbocycles. The van der Waals surface area contributed by atoms with E-state index in [0.29, 0.717) is 18.5 Å². The third kappa shape index (κ3) is 1.57. The zero-order chi connectivity index (χ0) is 12.8. The molecule has 0 unspecified atom stereocenters. The van der Waals surface area contributed by atoms with Gasteiger partial charge in [-0.2, -0.15) is 0 Å². The number of halogens is 2. The van der Waals surface area contributed by atoms with Crippen molar-refractivity contribution in [2.24, 2.45) is 0 Å². The quantitative estimate of drug-likeness (QED) is 0.745. The summed E-state index contributed by atoms with van der Waals surface area (Å²) in [6, 6.07) is 2.41. The van der Waals surface area contributed by atoms with Crippen LogP contribution in [0.3, 0.4) is 0 Å². The van der Waals surface area contributed by atoms with Crippen molar-refractivity contribution in [3.63, 3.8) is 0 Å². The van der Waals surface area contributed by atoms with Crippen molar-refractivity contribution in [2.75, 3.05) is 10.6 Å². The van der Waals surface area contributed by atoms with Crippen LogP contribution in [0.1, 0.15) is 32.1 Å². The lowest BCUT2D eigenvalue weighted by molar-refractivity contribution is -0.121. The van der Waals surface area contributed by atoms with Crippen LogP contribution < -0.4 is 10.6 Å². The van der Waals surface area contributed by atoms with Gasteiger partial charge < -0.3 is 10.6 Å². The molecule has 96 valence electrons. The zero-order valence-electron chi connectivity index (χ0n) is 9.85. The maximum absolute atomic E-state index is 13.8. The minimum atomic E-state index is -0.919. The molecule has 0 radical (unpaired) electrons. The summed E-state index contributed by atoms with van der Waals surface area (Å²) in [5.74, 6) is -1.96. The summed E-state index contributed by atoms with van der Waals surface area (Å²) in [5, 5.41) is 5.62. The number of hydrogen-bond donors (Lipinski definition) is 2. The van der Waals surface area contributed by atoms with E-state index in [-0.39, 0.29) is 11.6 Å². The van der Waals surface area contributed by atoms with E-state index in [2.05, 4.69) is 10.6 Å². The van der Waals surface area contributed by atoms with Crippen LogP contribution in [0.25, 0.3) is 0 Å². The van der Waals surface area contributed by atoms with Crippen LogP contribution in [0.2, 0.25) is 0 Å². The van der Waals surface area contributed by atoms with Crippen molar-refractivity contribution in [1.29, 1.82) is 0 Å². The number of carbonyl (C=O) groups is 1. The Kier molecular flexibility index (Phi) is 2.50. The summed E-state index contributed by atoms with van der Waals surface area (Å²) in [4.78, 5) is 12.1. The molecule has 1 aromatic carbocycles. The highest BCUT2D eigenvalue weighted by molar-refractivity contribution is 6.06. The number of carbonyl (C=O) groups excluding carboxylic acids is 1. The fourth-order valence-electron chi connectivity index (χ4n) is 2.82. The van der Waals surface area contributed by atoms with Crippen molar-refractivity contribution in [1.82, 2.24) is 0 Å². The smallest absolute Gasteiger partial charge is 0.250 e. The van der Waals surface area contributed by atoms with Crippen LogP contribution in [-0.2, 0) is 4.79 Å². The molecule has 5 heteroatoms. The molecule has 1 aromatic rings. The first-order valence-electron chi connectivity index (χ1n) is 6.20. The zero-order valence-corrected chi connectivity index (χ0v) is 9.85. The minimum absolute atomic E-state index is 0.0801. The van der Waals surface area contributed by atoms with Gasteiger partial charge >= 0.3 is 0 Å². The lowest BCUT2D eigenvalue weighted by Crippen LogP contribution is -2.53. The largest absolute Gasteiger partial charge is 0.367 e. The highest BCUT2D eigenvalue weighted by atomic mass is 19.2. The Morgan fingerprint density at radius 2 is 1.83 bits per heavy atom. The molecule has 1 fully saturated rings. The highest BCUT2D eigenvalue weighted by Crippen LogP contribution is 2.40. The normalized spacial score (nSPS) is 21.1. The molecule has 3 nitrogen and oxygen atoms in total. The highest BCUT2D eigenvalue weighted by Gasteiger charge is 2.43. The Morgan fingerprint density at radius 1 is 1.11 bits per heavy atom. The van der Waals surface area contributed by atoms with Crippen molar-refractivity contribution in [3.05, 3.63) is 23.8 Å². The Morgan fingerprint density at radius 3 is 2.56 bits per heavy atom. The number of benzene rings is 1. The molecule has 3 rings (SSSR count). The number of nitrogens with one attached hydrogen (secondary N) is 2. The third-order valence-corrected chi connectivity index (χ3v) is 3.85. The van der Waals surface area contributed by atoms with Crippen molar-refractivity contribution in [2.45, 2.75) is 37.6 Å². The van der Waals surface area contributed by atoms with Crippen LogP contribution in [0.4, 0.5) is 20.2 Å². The van der Waals surface area contributed by atoms with Gasteiger partial charge in [-0.25, -0.2) is 8.78 Å². The van der Waals surface area contributed by atoms with E-state index in [1.165, 1.54) is 6.07 Å². The van der Waals surface area contributed by atoms with E-state index in [0.717, 1.165) is 25.3 Å². The molecule has 2 aliphatic rings. The van der Waals surface area contributed by atoms with Crippen LogP contribution in [0.5, 0.6) is 0 Å².